The second kappa shape index (κ2) is 14.6. The summed E-state index contributed by atoms with van der Waals surface area (Å²) in [7, 11) is 0. The number of nitrogens with one attached hydrogen (secondary N) is 1. The molecule has 2 aromatic rings. The Kier molecular flexibility index (Phi) is 11.4. The Bertz CT molecular complexity index is 1240. The van der Waals surface area contributed by atoms with E-state index in [-0.39, 0.29) is 24.1 Å². The third-order valence-electron chi connectivity index (χ3n) is 7.18. The van der Waals surface area contributed by atoms with E-state index in [1.165, 1.54) is 31.0 Å². The number of rotatable bonds is 6. The molecule has 1 atom stereocenters. The molecule has 1 unspecified atom stereocenters. The number of carboxylic acids is 1. The van der Waals surface area contributed by atoms with Crippen molar-refractivity contribution in [2.24, 2.45) is 5.92 Å². The van der Waals surface area contributed by atoms with E-state index >= 15 is 0 Å². The third kappa shape index (κ3) is 10.8. The Balaban J connectivity index is 0.000000646. The number of hydrogen-bond donors (Lipinski definition) is 2. The number of amides is 2. The van der Waals surface area contributed by atoms with Crippen LogP contribution in [0.3, 0.4) is 0 Å². The van der Waals surface area contributed by atoms with Crippen molar-refractivity contribution < 1.29 is 50.6 Å². The van der Waals surface area contributed by atoms with Gasteiger partial charge in [-0.2, -0.15) is 13.2 Å². The molecule has 236 valence electrons. The van der Waals surface area contributed by atoms with Gasteiger partial charge in [0.2, 0.25) is 0 Å². The summed E-state index contributed by atoms with van der Waals surface area (Å²) in [6.07, 6.45) is -5.35. The van der Waals surface area contributed by atoms with Gasteiger partial charge in [-0.1, -0.05) is 19.1 Å². The van der Waals surface area contributed by atoms with E-state index in [1.54, 1.807) is 30.3 Å². The molecule has 2 aliphatic heterocycles. The molecule has 0 radical (unpaired) electrons. The summed E-state index contributed by atoms with van der Waals surface area (Å²) in [5, 5.41) is 9.81. The predicted molar refractivity (Wildman–Crippen MR) is 143 cm³/mol. The van der Waals surface area contributed by atoms with Gasteiger partial charge in [0, 0.05) is 43.3 Å². The molecule has 2 aliphatic rings. The van der Waals surface area contributed by atoms with E-state index < -0.39 is 18.5 Å². The van der Waals surface area contributed by atoms with Crippen LogP contribution in [-0.4, -0.2) is 77.4 Å². The molecule has 0 aromatic heterocycles. The first-order valence-electron chi connectivity index (χ1n) is 13.7. The van der Waals surface area contributed by atoms with Gasteiger partial charge >= 0.3 is 18.5 Å². The lowest BCUT2D eigenvalue weighted by Gasteiger charge is -2.41. The number of piperidine rings is 2. The highest BCUT2D eigenvalue weighted by Crippen LogP contribution is 2.25. The Morgan fingerprint density at radius 1 is 0.930 bits per heavy atom. The standard InChI is InChI=1S/C27H32F3N3O3.C2HF3O2/c1-19-4-3-13-33(18-19)23-11-14-32(15-12-23)26(35)22-9-7-21(8-10-22)25(34)31-17-20-5-2-6-24(16-20)36-27(28,29)30;3-2(4,5)1(6)7/h2,5-10,16,19,23H,3-4,11-15,17-18H2,1H3,(H,31,34);(H,6,7). The van der Waals surface area contributed by atoms with Crippen LogP contribution in [0.25, 0.3) is 0 Å². The molecule has 2 heterocycles. The normalized spacial score (nSPS) is 18.3. The Morgan fingerprint density at radius 2 is 1.53 bits per heavy atom. The number of aliphatic carboxylic acids is 1. The first-order chi connectivity index (χ1) is 20.1. The fraction of sp³-hybridized carbons (Fsp3) is 0.483. The molecule has 8 nitrogen and oxygen atoms in total. The maximum atomic E-state index is 13.0. The third-order valence-corrected chi connectivity index (χ3v) is 7.18. The molecule has 2 aromatic carbocycles. The molecular formula is C29H33F6N3O5. The first kappa shape index (κ1) is 33.7. The van der Waals surface area contributed by atoms with Gasteiger partial charge in [-0.05, 0) is 80.1 Å². The van der Waals surface area contributed by atoms with Crippen LogP contribution in [0.1, 0.15) is 58.9 Å². The van der Waals surface area contributed by atoms with Crippen molar-refractivity contribution in [2.75, 3.05) is 26.2 Å². The fourth-order valence-corrected chi connectivity index (χ4v) is 5.08. The second-order valence-corrected chi connectivity index (χ2v) is 10.5. The van der Waals surface area contributed by atoms with Crippen LogP contribution in [0.4, 0.5) is 26.3 Å². The van der Waals surface area contributed by atoms with E-state index in [2.05, 4.69) is 21.9 Å². The average Bonchev–Trinajstić information content (AvgIpc) is 2.95. The lowest BCUT2D eigenvalue weighted by molar-refractivity contribution is -0.274. The Morgan fingerprint density at radius 3 is 2.09 bits per heavy atom. The maximum Gasteiger partial charge on any atom is 0.573 e. The first-order valence-corrected chi connectivity index (χ1v) is 13.7. The van der Waals surface area contributed by atoms with Crippen molar-refractivity contribution in [1.82, 2.24) is 15.1 Å². The SMILES string of the molecule is CC1CCCN(C2CCN(C(=O)c3ccc(C(=O)NCc4cccc(OC(F)(F)F)c4)cc3)CC2)C1.O=C(O)C(F)(F)F. The molecule has 0 saturated carbocycles. The molecule has 2 fully saturated rings. The minimum absolute atomic E-state index is 0.0334. The smallest absolute Gasteiger partial charge is 0.475 e. The van der Waals surface area contributed by atoms with Crippen molar-refractivity contribution in [3.63, 3.8) is 0 Å². The molecule has 14 heteroatoms. The average molecular weight is 618 g/mol. The number of benzene rings is 2. The zero-order valence-electron chi connectivity index (χ0n) is 23.4. The summed E-state index contributed by atoms with van der Waals surface area (Å²) in [6.45, 7) is 6.11. The number of halogens is 6. The molecule has 2 saturated heterocycles. The van der Waals surface area contributed by atoms with Gasteiger partial charge in [0.15, 0.2) is 0 Å². The van der Waals surface area contributed by atoms with Gasteiger partial charge < -0.3 is 20.1 Å². The number of ether oxygens (including phenoxy) is 1. The Labute approximate surface area is 244 Å². The number of nitrogens with zero attached hydrogens (tertiary/aromatic N) is 2. The Hall–Kier alpha value is -3.81. The molecule has 0 bridgehead atoms. The molecule has 0 spiro atoms. The van der Waals surface area contributed by atoms with E-state index in [0.29, 0.717) is 22.7 Å². The van der Waals surface area contributed by atoms with Gasteiger partial charge in [-0.15, -0.1) is 13.2 Å². The van der Waals surface area contributed by atoms with Crippen molar-refractivity contribution in [2.45, 2.75) is 57.7 Å². The van der Waals surface area contributed by atoms with Crippen LogP contribution in [0.5, 0.6) is 5.75 Å². The zero-order chi connectivity index (χ0) is 31.8. The molecule has 0 aliphatic carbocycles. The summed E-state index contributed by atoms with van der Waals surface area (Å²) >= 11 is 0. The van der Waals surface area contributed by atoms with E-state index in [4.69, 9.17) is 9.90 Å². The number of alkyl halides is 6. The monoisotopic (exact) mass is 617 g/mol. The predicted octanol–water partition coefficient (Wildman–Crippen LogP) is 5.49. The number of hydrogen-bond acceptors (Lipinski definition) is 5. The van der Waals surface area contributed by atoms with Gasteiger partial charge in [0.25, 0.3) is 11.8 Å². The zero-order valence-corrected chi connectivity index (χ0v) is 23.4. The largest absolute Gasteiger partial charge is 0.573 e. The minimum atomic E-state index is -5.08. The highest BCUT2D eigenvalue weighted by Gasteiger charge is 2.38. The molecule has 2 N–H and O–H groups in total. The molecule has 4 rings (SSSR count). The number of carbonyl (C=O) groups is 3. The summed E-state index contributed by atoms with van der Waals surface area (Å²) in [5.41, 5.74) is 1.38. The highest BCUT2D eigenvalue weighted by molar-refractivity contribution is 5.97. The van der Waals surface area contributed by atoms with Crippen molar-refractivity contribution >= 4 is 17.8 Å². The number of likely N-dealkylation sites (tertiary alicyclic amines) is 2. The van der Waals surface area contributed by atoms with E-state index in [9.17, 15) is 35.9 Å². The summed E-state index contributed by atoms with van der Waals surface area (Å²) in [5.74, 6) is -2.77. The van der Waals surface area contributed by atoms with Crippen molar-refractivity contribution in [3.05, 3.63) is 65.2 Å². The van der Waals surface area contributed by atoms with Gasteiger partial charge in [0.05, 0.1) is 0 Å². The summed E-state index contributed by atoms with van der Waals surface area (Å²) in [6, 6.07) is 12.5. The summed E-state index contributed by atoms with van der Waals surface area (Å²) in [4.78, 5) is 38.8. The molecular weight excluding hydrogens is 584 g/mol. The van der Waals surface area contributed by atoms with Crippen LogP contribution < -0.4 is 10.1 Å². The number of carbonyl (C=O) groups excluding carboxylic acids is 2. The van der Waals surface area contributed by atoms with Crippen LogP contribution in [-0.2, 0) is 11.3 Å². The van der Waals surface area contributed by atoms with Crippen LogP contribution >= 0.6 is 0 Å². The van der Waals surface area contributed by atoms with E-state index in [0.717, 1.165) is 44.9 Å². The van der Waals surface area contributed by atoms with Gasteiger partial charge in [-0.3, -0.25) is 14.5 Å². The van der Waals surface area contributed by atoms with E-state index in [1.807, 2.05) is 4.90 Å². The topological polar surface area (TPSA) is 99.2 Å². The lowest BCUT2D eigenvalue weighted by Crippen LogP contribution is -2.49. The van der Waals surface area contributed by atoms with Crippen molar-refractivity contribution in [1.29, 1.82) is 0 Å². The maximum absolute atomic E-state index is 13.0. The number of carboxylic acid groups (broad SMARTS) is 1. The fourth-order valence-electron chi connectivity index (χ4n) is 5.08. The van der Waals surface area contributed by atoms with Crippen LogP contribution in [0, 0.1) is 5.92 Å². The van der Waals surface area contributed by atoms with Crippen LogP contribution in [0.15, 0.2) is 48.5 Å². The van der Waals surface area contributed by atoms with Crippen LogP contribution in [0.2, 0.25) is 0 Å². The quantitative estimate of drug-likeness (QED) is 0.417. The minimum Gasteiger partial charge on any atom is -0.475 e. The lowest BCUT2D eigenvalue weighted by atomic mass is 9.95. The highest BCUT2D eigenvalue weighted by atomic mass is 19.4. The van der Waals surface area contributed by atoms with Gasteiger partial charge in [0.1, 0.15) is 5.75 Å². The van der Waals surface area contributed by atoms with Gasteiger partial charge in [-0.25, -0.2) is 4.79 Å². The molecule has 43 heavy (non-hydrogen) atoms. The second-order valence-electron chi connectivity index (χ2n) is 10.5. The summed E-state index contributed by atoms with van der Waals surface area (Å²) < 4.78 is 72.9. The van der Waals surface area contributed by atoms with Crippen molar-refractivity contribution in [3.8, 4) is 5.75 Å². The molecule has 2 amide bonds.